The molecular weight excluding hydrogens is 288 g/mol. The van der Waals surface area contributed by atoms with Gasteiger partial charge in [0.1, 0.15) is 22.0 Å². The van der Waals surface area contributed by atoms with E-state index in [1.807, 2.05) is 6.92 Å². The van der Waals surface area contributed by atoms with Gasteiger partial charge in [-0.3, -0.25) is 4.79 Å². The Labute approximate surface area is 127 Å². The van der Waals surface area contributed by atoms with Crippen molar-refractivity contribution in [3.63, 3.8) is 0 Å². The lowest BCUT2D eigenvalue weighted by Gasteiger charge is -2.18. The second kappa shape index (κ2) is 5.45. The molecule has 106 valence electrons. The maximum Gasteiger partial charge on any atom is 0.142 e. The Morgan fingerprint density at radius 1 is 1.50 bits per heavy atom. The Balaban J connectivity index is 2.07. The van der Waals surface area contributed by atoms with Crippen molar-refractivity contribution in [1.82, 2.24) is 9.97 Å². The van der Waals surface area contributed by atoms with E-state index in [4.69, 9.17) is 0 Å². The third-order valence-electron chi connectivity index (χ3n) is 3.92. The maximum absolute atomic E-state index is 11.5. The molecule has 20 heavy (non-hydrogen) atoms. The fourth-order valence-electron chi connectivity index (χ4n) is 2.59. The van der Waals surface area contributed by atoms with Crippen molar-refractivity contribution < 1.29 is 4.79 Å². The van der Waals surface area contributed by atoms with E-state index in [9.17, 15) is 4.79 Å². The van der Waals surface area contributed by atoms with Gasteiger partial charge in [-0.05, 0) is 44.6 Å². The van der Waals surface area contributed by atoms with Gasteiger partial charge in [0.25, 0.3) is 0 Å². The van der Waals surface area contributed by atoms with Crippen LogP contribution in [-0.4, -0.2) is 21.0 Å². The van der Waals surface area contributed by atoms with Crippen molar-refractivity contribution in [3.8, 4) is 0 Å². The molecule has 0 bridgehead atoms. The summed E-state index contributed by atoms with van der Waals surface area (Å²) >= 11 is 3.37. The molecule has 0 radical (unpaired) electrons. The van der Waals surface area contributed by atoms with Gasteiger partial charge in [0, 0.05) is 10.3 Å². The van der Waals surface area contributed by atoms with Gasteiger partial charge >= 0.3 is 0 Å². The molecule has 0 N–H and O–H groups in total. The van der Waals surface area contributed by atoms with Crippen LogP contribution >= 0.6 is 23.1 Å². The zero-order chi connectivity index (χ0) is 14.3. The normalized spacial score (nSPS) is 19.9. The summed E-state index contributed by atoms with van der Waals surface area (Å²) in [6.45, 7) is 5.90. The average Bonchev–Trinajstić information content (AvgIpc) is 2.76. The number of nitrogens with zero attached hydrogens (tertiary/aromatic N) is 2. The topological polar surface area (TPSA) is 42.9 Å². The minimum atomic E-state index is -0.0498. The van der Waals surface area contributed by atoms with Crippen molar-refractivity contribution in [2.45, 2.75) is 50.3 Å². The molecule has 0 aromatic carbocycles. The predicted octanol–water partition coefficient (Wildman–Crippen LogP) is 3.89. The molecule has 3 rings (SSSR count). The number of thioether (sulfide) groups is 1. The van der Waals surface area contributed by atoms with E-state index in [1.165, 1.54) is 22.2 Å². The van der Waals surface area contributed by atoms with E-state index in [2.05, 4.69) is 16.9 Å². The summed E-state index contributed by atoms with van der Waals surface area (Å²) < 4.78 is 0. The van der Waals surface area contributed by atoms with Gasteiger partial charge in [-0.1, -0.05) is 18.7 Å². The second-order valence-electron chi connectivity index (χ2n) is 5.58. The first-order valence-corrected chi connectivity index (χ1v) is 8.68. The molecule has 0 aliphatic heterocycles. The first kappa shape index (κ1) is 14.0. The van der Waals surface area contributed by atoms with Crippen LogP contribution in [0.4, 0.5) is 0 Å². The van der Waals surface area contributed by atoms with Crippen LogP contribution in [-0.2, 0) is 17.6 Å². The van der Waals surface area contributed by atoms with Gasteiger partial charge < -0.3 is 0 Å². The number of aryl methyl sites for hydroxylation is 1. The van der Waals surface area contributed by atoms with Crippen molar-refractivity contribution in [2.24, 2.45) is 5.92 Å². The predicted molar refractivity (Wildman–Crippen MR) is 84.6 cm³/mol. The minimum Gasteiger partial charge on any atom is -0.299 e. The first-order valence-electron chi connectivity index (χ1n) is 6.98. The number of ketones is 1. The highest BCUT2D eigenvalue weighted by atomic mass is 32.2. The molecule has 1 aliphatic carbocycles. The molecule has 2 aromatic rings. The largest absolute Gasteiger partial charge is 0.299 e. The van der Waals surface area contributed by atoms with Crippen molar-refractivity contribution in [3.05, 3.63) is 16.8 Å². The highest BCUT2D eigenvalue weighted by Gasteiger charge is 2.24. The minimum absolute atomic E-state index is 0.0498. The third kappa shape index (κ3) is 2.49. The molecule has 2 atom stereocenters. The number of fused-ring (bicyclic) bond motifs is 3. The van der Waals surface area contributed by atoms with Crippen LogP contribution in [0.1, 0.15) is 37.6 Å². The molecule has 2 heterocycles. The Morgan fingerprint density at radius 3 is 3.05 bits per heavy atom. The lowest BCUT2D eigenvalue weighted by Crippen LogP contribution is -2.10. The van der Waals surface area contributed by atoms with Gasteiger partial charge in [0.05, 0.1) is 5.25 Å². The number of aromatic nitrogens is 2. The summed E-state index contributed by atoms with van der Waals surface area (Å²) in [6.07, 6.45) is 5.14. The highest BCUT2D eigenvalue weighted by Crippen LogP contribution is 2.41. The van der Waals surface area contributed by atoms with E-state index in [1.54, 1.807) is 36.3 Å². The van der Waals surface area contributed by atoms with Crippen LogP contribution in [0.3, 0.4) is 0 Å². The summed E-state index contributed by atoms with van der Waals surface area (Å²) in [5.41, 5.74) is 1.43. The van der Waals surface area contributed by atoms with Crippen LogP contribution < -0.4 is 0 Å². The van der Waals surface area contributed by atoms with E-state index < -0.39 is 0 Å². The zero-order valence-electron chi connectivity index (χ0n) is 12.0. The van der Waals surface area contributed by atoms with Crippen molar-refractivity contribution in [2.75, 3.05) is 0 Å². The fourth-order valence-corrected chi connectivity index (χ4v) is 4.95. The van der Waals surface area contributed by atoms with Crippen LogP contribution in [0.25, 0.3) is 10.2 Å². The van der Waals surface area contributed by atoms with Gasteiger partial charge in [0.2, 0.25) is 0 Å². The summed E-state index contributed by atoms with van der Waals surface area (Å²) in [5.74, 6) is 0.954. The Hall–Kier alpha value is -0.940. The summed E-state index contributed by atoms with van der Waals surface area (Å²) in [6, 6.07) is 0. The standard InChI is InChI=1S/C15H18N2OS2/c1-8-4-5-11-12(6-8)20-15-13(11)14(16-7-17-15)19-10(3)9(2)18/h7-8,10H,4-6H2,1-3H3/t8-,10+/m1/s1. The molecule has 0 fully saturated rings. The number of hydrogen-bond acceptors (Lipinski definition) is 5. The molecular formula is C15H18N2OS2. The molecule has 0 spiro atoms. The quantitative estimate of drug-likeness (QED) is 0.637. The van der Waals surface area contributed by atoms with Crippen LogP contribution in [0.5, 0.6) is 0 Å². The monoisotopic (exact) mass is 306 g/mol. The highest BCUT2D eigenvalue weighted by molar-refractivity contribution is 8.00. The van der Waals surface area contributed by atoms with Gasteiger partial charge in [0.15, 0.2) is 0 Å². The molecule has 1 aliphatic rings. The second-order valence-corrected chi connectivity index (χ2v) is 7.99. The number of carbonyl (C=O) groups is 1. The van der Waals surface area contributed by atoms with E-state index in [0.29, 0.717) is 0 Å². The summed E-state index contributed by atoms with van der Waals surface area (Å²) in [7, 11) is 0. The summed E-state index contributed by atoms with van der Waals surface area (Å²) in [5, 5.41) is 2.13. The van der Waals surface area contributed by atoms with Crippen LogP contribution in [0, 0.1) is 5.92 Å². The Bertz CT molecular complexity index is 665. The average molecular weight is 306 g/mol. The first-order chi connectivity index (χ1) is 9.56. The molecule has 0 saturated heterocycles. The van der Waals surface area contributed by atoms with E-state index in [-0.39, 0.29) is 11.0 Å². The van der Waals surface area contributed by atoms with Crippen LogP contribution in [0.2, 0.25) is 0 Å². The molecule has 0 unspecified atom stereocenters. The van der Waals surface area contributed by atoms with Gasteiger partial charge in [-0.2, -0.15) is 0 Å². The number of carbonyl (C=O) groups excluding carboxylic acids is 1. The number of Topliss-reactive ketones (excluding diaryl/α,β-unsaturated/α-hetero) is 1. The number of thiophene rings is 1. The zero-order valence-corrected chi connectivity index (χ0v) is 13.6. The smallest absolute Gasteiger partial charge is 0.142 e. The Morgan fingerprint density at radius 2 is 2.30 bits per heavy atom. The van der Waals surface area contributed by atoms with E-state index in [0.717, 1.165) is 28.6 Å². The molecule has 2 aromatic heterocycles. The van der Waals surface area contributed by atoms with Gasteiger partial charge in [-0.15, -0.1) is 11.3 Å². The van der Waals surface area contributed by atoms with Crippen molar-refractivity contribution in [1.29, 1.82) is 0 Å². The third-order valence-corrected chi connectivity index (χ3v) is 6.30. The molecule has 3 nitrogen and oxygen atoms in total. The lowest BCUT2D eigenvalue weighted by molar-refractivity contribution is -0.116. The lowest BCUT2D eigenvalue weighted by atomic mass is 9.89. The Kier molecular flexibility index (Phi) is 3.82. The molecule has 5 heteroatoms. The SMILES string of the molecule is CC(=O)[C@H](C)Sc1ncnc2sc3c(c12)CC[C@@H](C)C3. The fraction of sp³-hybridized carbons (Fsp3) is 0.533. The maximum atomic E-state index is 11.5. The van der Waals surface area contributed by atoms with E-state index >= 15 is 0 Å². The van der Waals surface area contributed by atoms with Gasteiger partial charge in [-0.25, -0.2) is 9.97 Å². The van der Waals surface area contributed by atoms with Crippen LogP contribution in [0.15, 0.2) is 11.4 Å². The summed E-state index contributed by atoms with van der Waals surface area (Å²) in [4.78, 5) is 22.9. The number of hydrogen-bond donors (Lipinski definition) is 0. The molecule has 0 saturated carbocycles. The number of rotatable bonds is 3. The molecule has 0 amide bonds. The van der Waals surface area contributed by atoms with Crippen molar-refractivity contribution >= 4 is 39.1 Å².